The van der Waals surface area contributed by atoms with E-state index in [1.165, 1.54) is 10.9 Å². The van der Waals surface area contributed by atoms with Crippen molar-refractivity contribution in [1.82, 2.24) is 20.3 Å². The molecule has 0 unspecified atom stereocenters. The number of halogens is 2. The zero-order valence-corrected chi connectivity index (χ0v) is 11.9. The average molecular weight is 288 g/mol. The molecular formula is C12H18F2N4O2. The summed E-state index contributed by atoms with van der Waals surface area (Å²) in [6, 6.07) is 0. The Morgan fingerprint density at radius 1 is 1.45 bits per heavy atom. The molecule has 0 radical (unpaired) electrons. The van der Waals surface area contributed by atoms with E-state index in [-0.39, 0.29) is 0 Å². The number of carbonyl (C=O) groups is 1. The first-order valence-corrected chi connectivity index (χ1v) is 6.27. The van der Waals surface area contributed by atoms with Crippen LogP contribution in [0.2, 0.25) is 0 Å². The Balaban J connectivity index is 2.16. The van der Waals surface area contributed by atoms with Crippen LogP contribution in [0.1, 0.15) is 39.3 Å². The zero-order chi connectivity index (χ0) is 15.2. The van der Waals surface area contributed by atoms with E-state index in [0.717, 1.165) is 0 Å². The molecule has 0 atom stereocenters. The van der Waals surface area contributed by atoms with E-state index in [1.807, 2.05) is 0 Å². The molecule has 1 amide bonds. The van der Waals surface area contributed by atoms with E-state index >= 15 is 0 Å². The summed E-state index contributed by atoms with van der Waals surface area (Å²) >= 11 is 0. The third kappa shape index (κ3) is 3.05. The van der Waals surface area contributed by atoms with Crippen molar-refractivity contribution in [2.75, 3.05) is 0 Å². The third-order valence-electron chi connectivity index (χ3n) is 2.95. The van der Waals surface area contributed by atoms with Gasteiger partial charge >= 0.3 is 6.09 Å². The van der Waals surface area contributed by atoms with Crippen LogP contribution in [0.3, 0.4) is 0 Å². The summed E-state index contributed by atoms with van der Waals surface area (Å²) in [6.07, 6.45) is -0.221. The van der Waals surface area contributed by atoms with Gasteiger partial charge in [-0.05, 0) is 20.8 Å². The second-order valence-electron chi connectivity index (χ2n) is 6.20. The Bertz CT molecular complexity index is 514. The third-order valence-corrected chi connectivity index (χ3v) is 2.95. The molecule has 1 aromatic rings. The molecule has 0 aliphatic heterocycles. The van der Waals surface area contributed by atoms with Gasteiger partial charge in [-0.1, -0.05) is 5.21 Å². The molecule has 2 rings (SSSR count). The smallest absolute Gasteiger partial charge is 0.408 e. The number of nitrogens with one attached hydrogen (secondary N) is 1. The van der Waals surface area contributed by atoms with Gasteiger partial charge in [0.05, 0.1) is 6.20 Å². The fourth-order valence-corrected chi connectivity index (χ4v) is 2.23. The Morgan fingerprint density at radius 2 is 2.05 bits per heavy atom. The maximum atomic E-state index is 13.3. The van der Waals surface area contributed by atoms with Gasteiger partial charge in [0, 0.05) is 19.9 Å². The van der Waals surface area contributed by atoms with E-state index in [4.69, 9.17) is 4.74 Å². The number of aromatic nitrogens is 3. The van der Waals surface area contributed by atoms with Crippen molar-refractivity contribution >= 4 is 6.09 Å². The number of amides is 1. The topological polar surface area (TPSA) is 69.0 Å². The molecule has 0 spiro atoms. The molecule has 8 heteroatoms. The quantitative estimate of drug-likeness (QED) is 0.903. The lowest BCUT2D eigenvalue weighted by atomic mass is 9.71. The van der Waals surface area contributed by atoms with Crippen LogP contribution in [-0.2, 0) is 17.3 Å². The highest BCUT2D eigenvalue weighted by molar-refractivity contribution is 5.69. The van der Waals surface area contributed by atoms with Crippen LogP contribution in [0, 0.1) is 0 Å². The standard InChI is InChI=1S/C12H18F2N4O2/c1-10(2,3)20-9(19)15-11(6-12(13,14)7-11)8-5-18(4)17-16-8/h5H,6-7H2,1-4H3,(H,15,19). The zero-order valence-electron chi connectivity index (χ0n) is 11.9. The van der Waals surface area contributed by atoms with Crippen LogP contribution in [0.5, 0.6) is 0 Å². The summed E-state index contributed by atoms with van der Waals surface area (Å²) in [5.41, 5.74) is -1.59. The summed E-state index contributed by atoms with van der Waals surface area (Å²) in [7, 11) is 1.63. The van der Waals surface area contributed by atoms with Crippen LogP contribution in [0.4, 0.5) is 13.6 Å². The van der Waals surface area contributed by atoms with E-state index in [0.29, 0.717) is 5.69 Å². The molecular weight excluding hydrogens is 270 g/mol. The van der Waals surface area contributed by atoms with Crippen molar-refractivity contribution in [3.63, 3.8) is 0 Å². The van der Waals surface area contributed by atoms with Crippen molar-refractivity contribution in [1.29, 1.82) is 0 Å². The van der Waals surface area contributed by atoms with Gasteiger partial charge in [-0.15, -0.1) is 5.10 Å². The maximum absolute atomic E-state index is 13.3. The molecule has 1 saturated carbocycles. The largest absolute Gasteiger partial charge is 0.444 e. The number of alkyl halides is 2. The summed E-state index contributed by atoms with van der Waals surface area (Å²) in [4.78, 5) is 11.8. The summed E-state index contributed by atoms with van der Waals surface area (Å²) in [5, 5.41) is 10.1. The number of hydrogen-bond acceptors (Lipinski definition) is 4. The summed E-state index contributed by atoms with van der Waals surface area (Å²) in [5.74, 6) is -2.81. The van der Waals surface area contributed by atoms with Crippen LogP contribution >= 0.6 is 0 Å². The molecule has 1 N–H and O–H groups in total. The number of nitrogens with zero attached hydrogens (tertiary/aromatic N) is 3. The SMILES string of the molecule is Cn1cc(C2(NC(=O)OC(C)(C)C)CC(F)(F)C2)nn1. The lowest BCUT2D eigenvalue weighted by molar-refractivity contribution is -0.137. The van der Waals surface area contributed by atoms with E-state index in [9.17, 15) is 13.6 Å². The van der Waals surface area contributed by atoms with Crippen molar-refractivity contribution < 1.29 is 18.3 Å². The van der Waals surface area contributed by atoms with Crippen molar-refractivity contribution in [2.45, 2.75) is 50.7 Å². The van der Waals surface area contributed by atoms with E-state index in [1.54, 1.807) is 27.8 Å². The molecule has 1 aliphatic rings. The molecule has 0 bridgehead atoms. The second-order valence-corrected chi connectivity index (χ2v) is 6.20. The van der Waals surface area contributed by atoms with E-state index in [2.05, 4.69) is 15.6 Å². The van der Waals surface area contributed by atoms with Crippen molar-refractivity contribution in [3.05, 3.63) is 11.9 Å². The summed E-state index contributed by atoms with van der Waals surface area (Å²) in [6.45, 7) is 5.12. The number of aryl methyl sites for hydroxylation is 1. The molecule has 1 fully saturated rings. The van der Waals surface area contributed by atoms with Gasteiger partial charge in [-0.25, -0.2) is 13.6 Å². The lowest BCUT2D eigenvalue weighted by Gasteiger charge is -2.46. The molecule has 112 valence electrons. The van der Waals surface area contributed by atoms with Gasteiger partial charge in [-0.3, -0.25) is 4.68 Å². The van der Waals surface area contributed by atoms with Crippen LogP contribution in [0.25, 0.3) is 0 Å². The van der Waals surface area contributed by atoms with Crippen molar-refractivity contribution in [3.8, 4) is 0 Å². The number of carbonyl (C=O) groups excluding carboxylic acids is 1. The highest BCUT2D eigenvalue weighted by Gasteiger charge is 2.60. The number of ether oxygens (including phenoxy) is 1. The monoisotopic (exact) mass is 288 g/mol. The van der Waals surface area contributed by atoms with Crippen LogP contribution in [-0.4, -0.2) is 32.6 Å². The Hall–Kier alpha value is -1.73. The average Bonchev–Trinajstić information content (AvgIpc) is 2.58. The predicted molar refractivity (Wildman–Crippen MR) is 66.2 cm³/mol. The highest BCUT2D eigenvalue weighted by atomic mass is 19.3. The first kappa shape index (κ1) is 14.7. The number of rotatable bonds is 2. The number of alkyl carbamates (subject to hydrolysis) is 1. The molecule has 20 heavy (non-hydrogen) atoms. The van der Waals surface area contributed by atoms with Gasteiger partial charge < -0.3 is 10.1 Å². The second kappa shape index (κ2) is 4.39. The Labute approximate surface area is 115 Å². The molecule has 0 saturated heterocycles. The fourth-order valence-electron chi connectivity index (χ4n) is 2.23. The van der Waals surface area contributed by atoms with Gasteiger partial charge in [0.2, 0.25) is 0 Å². The van der Waals surface area contributed by atoms with Crippen LogP contribution < -0.4 is 5.32 Å². The fraction of sp³-hybridized carbons (Fsp3) is 0.750. The lowest BCUT2D eigenvalue weighted by Crippen LogP contribution is -2.60. The molecule has 0 aromatic carbocycles. The molecule has 1 aliphatic carbocycles. The van der Waals surface area contributed by atoms with E-state index < -0.39 is 36.0 Å². The normalized spacial score (nSPS) is 20.1. The first-order chi connectivity index (χ1) is 9.01. The highest BCUT2D eigenvalue weighted by Crippen LogP contribution is 2.51. The predicted octanol–water partition coefficient (Wildman–Crippen LogP) is 1.96. The maximum Gasteiger partial charge on any atom is 0.408 e. The number of hydrogen-bond donors (Lipinski definition) is 1. The van der Waals surface area contributed by atoms with Gasteiger partial charge in [0.15, 0.2) is 0 Å². The van der Waals surface area contributed by atoms with Gasteiger partial charge in [-0.2, -0.15) is 0 Å². The van der Waals surface area contributed by atoms with Crippen LogP contribution in [0.15, 0.2) is 6.20 Å². The minimum absolute atomic E-state index is 0.316. The molecule has 1 heterocycles. The summed E-state index contributed by atoms with van der Waals surface area (Å²) < 4.78 is 33.1. The minimum Gasteiger partial charge on any atom is -0.444 e. The molecule has 6 nitrogen and oxygen atoms in total. The minimum atomic E-state index is -2.81. The first-order valence-electron chi connectivity index (χ1n) is 6.27. The Morgan fingerprint density at radius 3 is 2.45 bits per heavy atom. The van der Waals surface area contributed by atoms with Crippen molar-refractivity contribution in [2.24, 2.45) is 7.05 Å². The molecule has 1 aromatic heterocycles. The Kier molecular flexibility index (Phi) is 3.22. The van der Waals surface area contributed by atoms with Gasteiger partial charge in [0.1, 0.15) is 16.8 Å². The van der Waals surface area contributed by atoms with Gasteiger partial charge in [0.25, 0.3) is 5.92 Å².